The second kappa shape index (κ2) is 6.59. The van der Waals surface area contributed by atoms with Crippen molar-refractivity contribution in [1.82, 2.24) is 15.5 Å². The summed E-state index contributed by atoms with van der Waals surface area (Å²) in [6.45, 7) is 7.35. The number of aromatic nitrogens is 2. The van der Waals surface area contributed by atoms with Crippen LogP contribution in [0.1, 0.15) is 24.4 Å². The van der Waals surface area contributed by atoms with Gasteiger partial charge >= 0.3 is 0 Å². The number of nitrogens with zero attached hydrogens (tertiary/aromatic N) is 2. The minimum atomic E-state index is 0.514. The Morgan fingerprint density at radius 1 is 1.32 bits per heavy atom. The van der Waals surface area contributed by atoms with E-state index in [-0.39, 0.29) is 0 Å². The summed E-state index contributed by atoms with van der Waals surface area (Å²) in [7, 11) is 0. The van der Waals surface area contributed by atoms with Gasteiger partial charge in [-0.1, -0.05) is 47.2 Å². The normalized spacial score (nSPS) is 11.2. The van der Waals surface area contributed by atoms with Crippen LogP contribution in [-0.4, -0.2) is 22.8 Å². The number of benzene rings is 1. The first-order valence-corrected chi connectivity index (χ1v) is 7.99. The molecule has 0 saturated carbocycles. The fraction of sp³-hybridized carbons (Fsp3) is 0.429. The molecule has 0 amide bonds. The minimum absolute atomic E-state index is 0.514. The Labute approximate surface area is 126 Å². The summed E-state index contributed by atoms with van der Waals surface area (Å²) >= 11 is 5.18. The summed E-state index contributed by atoms with van der Waals surface area (Å²) in [4.78, 5) is 0. The Bertz CT molecular complexity index is 551. The minimum Gasteiger partial charge on any atom is -0.314 e. The van der Waals surface area contributed by atoms with Crippen molar-refractivity contribution >= 4 is 27.3 Å². The van der Waals surface area contributed by atoms with E-state index >= 15 is 0 Å². The number of nitrogens with one attached hydrogen (secondary N) is 1. The molecule has 1 heterocycles. The molecule has 0 spiro atoms. The van der Waals surface area contributed by atoms with E-state index in [9.17, 15) is 0 Å². The van der Waals surface area contributed by atoms with Crippen molar-refractivity contribution in [2.75, 3.05) is 6.54 Å². The topological polar surface area (TPSA) is 37.8 Å². The summed E-state index contributed by atoms with van der Waals surface area (Å²) in [5.41, 5.74) is 2.39. The molecule has 2 rings (SSSR count). The van der Waals surface area contributed by atoms with Gasteiger partial charge in [0.2, 0.25) is 0 Å². The van der Waals surface area contributed by atoms with Crippen LogP contribution in [0.4, 0.5) is 0 Å². The van der Waals surface area contributed by atoms with Crippen LogP contribution in [0.25, 0.3) is 10.6 Å². The fourth-order valence-corrected chi connectivity index (χ4v) is 3.04. The summed E-state index contributed by atoms with van der Waals surface area (Å²) in [5.74, 6) is 0. The van der Waals surface area contributed by atoms with Crippen molar-refractivity contribution < 1.29 is 0 Å². The van der Waals surface area contributed by atoms with Gasteiger partial charge in [-0.2, -0.15) is 0 Å². The molecular weight excluding hydrogens is 322 g/mol. The van der Waals surface area contributed by atoms with Gasteiger partial charge < -0.3 is 5.32 Å². The van der Waals surface area contributed by atoms with Crippen LogP contribution >= 0.6 is 27.3 Å². The Kier molecular flexibility index (Phi) is 5.07. The van der Waals surface area contributed by atoms with Crippen molar-refractivity contribution in [3.05, 3.63) is 33.2 Å². The van der Waals surface area contributed by atoms with E-state index in [1.54, 1.807) is 11.3 Å². The highest BCUT2D eigenvalue weighted by Crippen LogP contribution is 2.29. The van der Waals surface area contributed by atoms with Gasteiger partial charge in [0.1, 0.15) is 10.0 Å². The Morgan fingerprint density at radius 2 is 2.11 bits per heavy atom. The first-order chi connectivity index (χ1) is 9.06. The zero-order valence-electron chi connectivity index (χ0n) is 11.4. The van der Waals surface area contributed by atoms with Gasteiger partial charge in [-0.05, 0) is 24.6 Å². The van der Waals surface area contributed by atoms with Crippen LogP contribution < -0.4 is 5.32 Å². The molecule has 0 radical (unpaired) electrons. The predicted octanol–water partition coefficient (Wildman–Crippen LogP) is 3.82. The van der Waals surface area contributed by atoms with E-state index in [2.05, 4.69) is 64.3 Å². The number of halogens is 1. The molecular formula is C14H18BrN3S. The monoisotopic (exact) mass is 339 g/mol. The van der Waals surface area contributed by atoms with Crippen molar-refractivity contribution in [3.63, 3.8) is 0 Å². The third-order valence-corrected chi connectivity index (χ3v) is 4.30. The molecule has 5 heteroatoms. The molecule has 0 fully saturated rings. The van der Waals surface area contributed by atoms with Gasteiger partial charge in [-0.15, -0.1) is 10.2 Å². The third kappa shape index (κ3) is 4.09. The first kappa shape index (κ1) is 14.6. The Balaban J connectivity index is 2.10. The number of rotatable bonds is 5. The van der Waals surface area contributed by atoms with Crippen molar-refractivity contribution in [2.45, 2.75) is 33.2 Å². The summed E-state index contributed by atoms with van der Waals surface area (Å²) in [6.07, 6.45) is 0.933. The molecule has 1 aromatic heterocycles. The maximum atomic E-state index is 4.31. The van der Waals surface area contributed by atoms with Gasteiger partial charge in [0.15, 0.2) is 0 Å². The first-order valence-electron chi connectivity index (χ1n) is 6.38. The van der Waals surface area contributed by atoms with Crippen molar-refractivity contribution in [2.24, 2.45) is 0 Å². The molecule has 2 aromatic rings. The van der Waals surface area contributed by atoms with Gasteiger partial charge in [0, 0.05) is 29.0 Å². The van der Waals surface area contributed by atoms with Crippen LogP contribution in [0.2, 0.25) is 0 Å². The fourth-order valence-electron chi connectivity index (χ4n) is 1.76. The zero-order chi connectivity index (χ0) is 13.8. The lowest BCUT2D eigenvalue weighted by Crippen LogP contribution is -2.24. The molecule has 1 aromatic carbocycles. The summed E-state index contributed by atoms with van der Waals surface area (Å²) < 4.78 is 1.08. The molecule has 0 aliphatic carbocycles. The zero-order valence-corrected chi connectivity index (χ0v) is 13.8. The highest BCUT2D eigenvalue weighted by atomic mass is 79.9. The molecule has 0 aliphatic rings. The Morgan fingerprint density at radius 3 is 2.84 bits per heavy atom. The van der Waals surface area contributed by atoms with Crippen LogP contribution in [0.5, 0.6) is 0 Å². The second-order valence-electron chi connectivity index (χ2n) is 4.82. The van der Waals surface area contributed by atoms with E-state index in [0.29, 0.717) is 6.04 Å². The number of hydrogen-bond acceptors (Lipinski definition) is 4. The van der Waals surface area contributed by atoms with Gasteiger partial charge in [0.25, 0.3) is 0 Å². The lowest BCUT2D eigenvalue weighted by atomic mass is 10.1. The maximum Gasteiger partial charge on any atom is 0.148 e. The van der Waals surface area contributed by atoms with Crippen LogP contribution in [0, 0.1) is 6.92 Å². The smallest absolute Gasteiger partial charge is 0.148 e. The quantitative estimate of drug-likeness (QED) is 0.899. The van der Waals surface area contributed by atoms with Gasteiger partial charge in [-0.3, -0.25) is 0 Å². The van der Waals surface area contributed by atoms with Crippen LogP contribution in [0.15, 0.2) is 22.7 Å². The second-order valence-corrected chi connectivity index (χ2v) is 6.80. The average Bonchev–Trinajstić information content (AvgIpc) is 2.80. The van der Waals surface area contributed by atoms with Crippen LogP contribution in [0.3, 0.4) is 0 Å². The largest absolute Gasteiger partial charge is 0.314 e. The van der Waals surface area contributed by atoms with E-state index < -0.39 is 0 Å². The number of hydrogen-bond donors (Lipinski definition) is 1. The lowest BCUT2D eigenvalue weighted by molar-refractivity contribution is 0.588. The molecule has 102 valence electrons. The SMILES string of the molecule is Cc1ccc(Br)cc1-c1nnc(CCNC(C)C)s1. The molecule has 0 aliphatic heterocycles. The third-order valence-electron chi connectivity index (χ3n) is 2.79. The van der Waals surface area contributed by atoms with Gasteiger partial charge in [0.05, 0.1) is 0 Å². The maximum absolute atomic E-state index is 4.31. The molecule has 3 nitrogen and oxygen atoms in total. The standard InChI is InChI=1S/C14H18BrN3S/c1-9(2)16-7-6-13-17-18-14(19-13)12-8-11(15)5-4-10(12)3/h4-5,8-9,16H,6-7H2,1-3H3. The van der Waals surface area contributed by atoms with E-state index in [1.807, 2.05) is 6.07 Å². The molecule has 0 saturated heterocycles. The summed E-state index contributed by atoms with van der Waals surface area (Å²) in [5, 5.41) is 14.1. The van der Waals surface area contributed by atoms with Crippen LogP contribution in [-0.2, 0) is 6.42 Å². The Hall–Kier alpha value is -0.780. The number of aryl methyl sites for hydroxylation is 1. The van der Waals surface area contributed by atoms with Gasteiger partial charge in [-0.25, -0.2) is 0 Å². The van der Waals surface area contributed by atoms with E-state index in [1.165, 1.54) is 5.56 Å². The molecule has 0 unspecified atom stereocenters. The lowest BCUT2D eigenvalue weighted by Gasteiger charge is -2.05. The van der Waals surface area contributed by atoms with E-state index in [4.69, 9.17) is 0 Å². The molecule has 19 heavy (non-hydrogen) atoms. The summed E-state index contributed by atoms with van der Waals surface area (Å²) in [6, 6.07) is 6.76. The van der Waals surface area contributed by atoms with E-state index in [0.717, 1.165) is 33.0 Å². The molecule has 0 atom stereocenters. The highest BCUT2D eigenvalue weighted by Gasteiger charge is 2.09. The molecule has 0 bridgehead atoms. The van der Waals surface area contributed by atoms with Crippen molar-refractivity contribution in [3.8, 4) is 10.6 Å². The average molecular weight is 340 g/mol. The molecule has 1 N–H and O–H groups in total. The highest BCUT2D eigenvalue weighted by molar-refractivity contribution is 9.10. The van der Waals surface area contributed by atoms with Crippen molar-refractivity contribution in [1.29, 1.82) is 0 Å². The predicted molar refractivity (Wildman–Crippen MR) is 84.6 cm³/mol.